The number of nitrogens with zero attached hydrogens (tertiary/aromatic N) is 2. The third-order valence-electron chi connectivity index (χ3n) is 7.25. The Hall–Kier alpha value is -2.21. The Morgan fingerprint density at radius 2 is 1.74 bits per heavy atom. The number of para-hydroxylation sites is 1. The average Bonchev–Trinajstić information content (AvgIpc) is 3.09. The molecular weight excluding hydrogens is 422 g/mol. The number of rotatable bonds is 5. The van der Waals surface area contributed by atoms with Crippen molar-refractivity contribution in [1.29, 1.82) is 0 Å². The lowest BCUT2D eigenvalue weighted by Gasteiger charge is -2.61. The van der Waals surface area contributed by atoms with Gasteiger partial charge in [0.15, 0.2) is 0 Å². The van der Waals surface area contributed by atoms with Gasteiger partial charge < -0.3 is 19.9 Å². The monoisotopic (exact) mass is 441 g/mol. The molecule has 12 radical (unpaired) electrons. The number of likely N-dealkylation sites (tertiary alicyclic amines) is 1. The summed E-state index contributed by atoms with van der Waals surface area (Å²) >= 11 is 0. The maximum Gasteiger partial charge on any atom is 0.243 e. The quantitative estimate of drug-likeness (QED) is 0.679. The summed E-state index contributed by atoms with van der Waals surface area (Å²) in [5, 5.41) is -3.26. The predicted molar refractivity (Wildman–Crippen MR) is 135 cm³/mol. The SMILES string of the molecule is [B]C([B])(Oc1ccc(F)cc1)C([B])([B])C([B])([B])N1CC[C@H]2C(C1)c1cccc3c1N2CC(=O)N3. The van der Waals surface area contributed by atoms with Gasteiger partial charge in [-0.25, -0.2) is 4.39 Å². The molecule has 3 heterocycles. The number of benzene rings is 2. The summed E-state index contributed by atoms with van der Waals surface area (Å²) in [5.41, 5.74) is 2.91. The number of nitrogens with one attached hydrogen (secondary N) is 1. The number of halogens is 1. The van der Waals surface area contributed by atoms with Gasteiger partial charge in [0, 0.05) is 23.9 Å². The molecule has 1 N–H and O–H groups in total. The highest BCUT2D eigenvalue weighted by molar-refractivity contribution is 6.61. The van der Waals surface area contributed by atoms with Crippen LogP contribution in [0, 0.1) is 5.82 Å². The maximum absolute atomic E-state index is 13.3. The largest absolute Gasteiger partial charge is 0.508 e. The Morgan fingerprint density at radius 1 is 1.03 bits per heavy atom. The van der Waals surface area contributed by atoms with Crippen molar-refractivity contribution in [2.24, 2.45) is 0 Å². The first kappa shape index (κ1) is 23.5. The van der Waals surface area contributed by atoms with Crippen LogP contribution >= 0.6 is 0 Å². The van der Waals surface area contributed by atoms with Crippen LogP contribution in [-0.2, 0) is 4.79 Å². The van der Waals surface area contributed by atoms with E-state index in [1.807, 2.05) is 18.2 Å². The second-order valence-electron chi connectivity index (χ2n) is 9.37. The van der Waals surface area contributed by atoms with Crippen LogP contribution < -0.4 is 15.0 Å². The Bertz CT molecular complexity index is 1130. The van der Waals surface area contributed by atoms with Gasteiger partial charge in [-0.1, -0.05) is 22.7 Å². The van der Waals surface area contributed by atoms with Gasteiger partial charge in [0.2, 0.25) is 5.91 Å². The molecule has 2 aromatic carbocycles. The molecule has 2 atom stereocenters. The van der Waals surface area contributed by atoms with E-state index in [0.29, 0.717) is 26.1 Å². The second-order valence-corrected chi connectivity index (χ2v) is 9.37. The van der Waals surface area contributed by atoms with Gasteiger partial charge in [0.1, 0.15) is 27.3 Å². The summed E-state index contributed by atoms with van der Waals surface area (Å²) in [5.74, 6) is -0.327. The summed E-state index contributed by atoms with van der Waals surface area (Å²) in [7, 11) is 38.3. The van der Waals surface area contributed by atoms with Crippen molar-refractivity contribution in [2.45, 2.75) is 34.3 Å². The molecule has 0 bridgehead atoms. The average molecular weight is 440 g/mol. The molecule has 0 spiro atoms. The van der Waals surface area contributed by atoms with Gasteiger partial charge in [-0.2, -0.15) is 0 Å². The molecule has 158 valence electrons. The number of piperidine rings is 1. The van der Waals surface area contributed by atoms with E-state index in [1.165, 1.54) is 24.3 Å². The molecular formula is C22H18B6FN3O2. The van der Waals surface area contributed by atoms with E-state index in [4.69, 9.17) is 51.8 Å². The minimum atomic E-state index is -2.20. The first-order valence-corrected chi connectivity index (χ1v) is 11.0. The third-order valence-corrected chi connectivity index (χ3v) is 7.25. The molecule has 1 amide bonds. The molecule has 3 aliphatic rings. The number of anilines is 2. The van der Waals surface area contributed by atoms with Crippen molar-refractivity contribution >= 4 is 64.4 Å². The number of amides is 1. The van der Waals surface area contributed by atoms with E-state index in [2.05, 4.69) is 10.2 Å². The number of hydrogen-bond acceptors (Lipinski definition) is 4. The highest BCUT2D eigenvalue weighted by Gasteiger charge is 2.53. The van der Waals surface area contributed by atoms with E-state index in [1.54, 1.807) is 4.90 Å². The zero-order valence-electron chi connectivity index (χ0n) is 18.6. The maximum atomic E-state index is 13.3. The van der Waals surface area contributed by atoms with Crippen LogP contribution in [0.3, 0.4) is 0 Å². The normalized spacial score (nSPS) is 22.6. The molecule has 2 aromatic rings. The smallest absolute Gasteiger partial charge is 0.243 e. The van der Waals surface area contributed by atoms with Crippen LogP contribution in [0.1, 0.15) is 17.9 Å². The Labute approximate surface area is 207 Å². The minimum absolute atomic E-state index is 0.0154. The van der Waals surface area contributed by atoms with Crippen molar-refractivity contribution in [3.8, 4) is 5.75 Å². The molecule has 12 heteroatoms. The summed E-state index contributed by atoms with van der Waals surface area (Å²) in [6.07, 6.45) is 0.666. The third kappa shape index (κ3) is 3.52. The number of fused-ring (bicyclic) bond motifs is 3. The Morgan fingerprint density at radius 3 is 2.44 bits per heavy atom. The zero-order chi connectivity index (χ0) is 24.5. The van der Waals surface area contributed by atoms with Gasteiger partial charge in [-0.15, -0.1) is 0 Å². The fourth-order valence-electron chi connectivity index (χ4n) is 5.30. The highest BCUT2D eigenvalue weighted by atomic mass is 19.1. The molecule has 3 aliphatic heterocycles. The van der Waals surface area contributed by atoms with E-state index in [9.17, 15) is 9.18 Å². The van der Waals surface area contributed by atoms with Crippen molar-refractivity contribution in [1.82, 2.24) is 4.90 Å². The summed E-state index contributed by atoms with van der Waals surface area (Å²) in [4.78, 5) is 16.1. The van der Waals surface area contributed by atoms with Gasteiger partial charge in [0.25, 0.3) is 0 Å². The van der Waals surface area contributed by atoms with Gasteiger partial charge in [-0.3, -0.25) is 4.79 Å². The van der Waals surface area contributed by atoms with E-state index < -0.39 is 21.8 Å². The first-order chi connectivity index (χ1) is 15.9. The van der Waals surface area contributed by atoms with Crippen molar-refractivity contribution in [2.75, 3.05) is 29.9 Å². The van der Waals surface area contributed by atoms with Crippen LogP contribution in [-0.4, -0.2) is 94.3 Å². The van der Waals surface area contributed by atoms with Crippen molar-refractivity contribution in [3.05, 3.63) is 53.8 Å². The summed E-state index contributed by atoms with van der Waals surface area (Å²) in [6.45, 7) is 1.15. The topological polar surface area (TPSA) is 44.8 Å². The van der Waals surface area contributed by atoms with Gasteiger partial charge in [-0.05, 0) is 48.9 Å². The molecule has 34 heavy (non-hydrogen) atoms. The van der Waals surface area contributed by atoms with Gasteiger partial charge >= 0.3 is 0 Å². The lowest BCUT2D eigenvalue weighted by atomic mass is 9.23. The number of hydrogen-bond donors (Lipinski definition) is 1. The predicted octanol–water partition coefficient (Wildman–Crippen LogP) is 0.269. The van der Waals surface area contributed by atoms with Crippen molar-refractivity contribution < 1.29 is 13.9 Å². The fourth-order valence-corrected chi connectivity index (χ4v) is 5.30. The van der Waals surface area contributed by atoms with E-state index in [-0.39, 0.29) is 23.6 Å². The molecule has 1 fully saturated rings. The van der Waals surface area contributed by atoms with Crippen molar-refractivity contribution in [3.63, 3.8) is 0 Å². The lowest BCUT2D eigenvalue weighted by Crippen LogP contribution is -2.70. The fraction of sp³-hybridized carbons (Fsp3) is 0.409. The molecule has 5 nitrogen and oxygen atoms in total. The number of carbonyl (C=O) groups is 1. The first-order valence-electron chi connectivity index (χ1n) is 11.0. The van der Waals surface area contributed by atoms with Crippen LogP contribution in [0.4, 0.5) is 15.8 Å². The summed E-state index contributed by atoms with van der Waals surface area (Å²) < 4.78 is 18.9. The molecule has 0 saturated carbocycles. The second kappa shape index (κ2) is 7.91. The highest BCUT2D eigenvalue weighted by Crippen LogP contribution is 2.51. The van der Waals surface area contributed by atoms with Crippen LogP contribution in [0.25, 0.3) is 0 Å². The van der Waals surface area contributed by atoms with Gasteiger partial charge in [0.05, 0.1) is 49.3 Å². The Kier molecular flexibility index (Phi) is 5.47. The van der Waals surface area contributed by atoms with Crippen LogP contribution in [0.5, 0.6) is 5.75 Å². The zero-order valence-corrected chi connectivity index (χ0v) is 18.6. The summed E-state index contributed by atoms with van der Waals surface area (Å²) in [6, 6.07) is 11.0. The minimum Gasteiger partial charge on any atom is -0.508 e. The van der Waals surface area contributed by atoms with Crippen LogP contribution in [0.15, 0.2) is 42.5 Å². The van der Waals surface area contributed by atoms with E-state index in [0.717, 1.165) is 16.9 Å². The molecule has 1 saturated heterocycles. The standard InChI is InChI=1S/C22H18B6FN3O2/c23-20(24,22(27,28)34-13-6-4-12(29)5-7-13)21(25,26)31-9-8-17-15(10-31)14-2-1-3-16-19(14)32(17)11-18(33)30-16/h1-7,15,17H,8-11H2,(H,30,33)/t15?,17-/m0/s1. The molecule has 0 aliphatic carbocycles. The number of ether oxygens (including phenoxy) is 1. The Balaban J connectivity index is 1.41. The molecule has 5 rings (SSSR count). The lowest BCUT2D eigenvalue weighted by molar-refractivity contribution is -0.115. The van der Waals surface area contributed by atoms with E-state index >= 15 is 0 Å². The molecule has 0 aromatic heterocycles. The van der Waals surface area contributed by atoms with Crippen LogP contribution in [0.2, 0.25) is 5.21 Å². The number of carbonyl (C=O) groups excluding carboxylic acids is 1. The molecule has 1 unspecified atom stereocenters.